The second kappa shape index (κ2) is 7.61. The van der Waals surface area contributed by atoms with E-state index in [1.807, 2.05) is 6.92 Å². The van der Waals surface area contributed by atoms with Crippen molar-refractivity contribution in [2.75, 3.05) is 0 Å². The number of rotatable bonds is 2. The molecule has 0 heterocycles. The van der Waals surface area contributed by atoms with E-state index >= 15 is 0 Å². The molecule has 0 aromatic rings. The number of amides is 1. The molecule has 0 aromatic heterocycles. The van der Waals surface area contributed by atoms with Gasteiger partial charge in [0.25, 0.3) is 0 Å². The van der Waals surface area contributed by atoms with Gasteiger partial charge in [-0.1, -0.05) is 18.2 Å². The molecule has 1 radical (unpaired) electrons. The number of hydrogen-bond acceptors (Lipinski definition) is 1. The van der Waals surface area contributed by atoms with Crippen molar-refractivity contribution in [1.82, 2.24) is 0 Å². The first kappa shape index (κ1) is 11.4. The van der Waals surface area contributed by atoms with E-state index in [1.165, 1.54) is 12.2 Å². The predicted octanol–water partition coefficient (Wildman–Crippen LogP) is 1.70. The molecular weight excluding hydrogens is 288 g/mol. The smallest absolute Gasteiger partial charge is 0.0722 e. The van der Waals surface area contributed by atoms with Gasteiger partial charge in [-0.3, -0.25) is 0 Å². The Balaban J connectivity index is 0. The second-order valence-corrected chi connectivity index (χ2v) is 1.25. The summed E-state index contributed by atoms with van der Waals surface area (Å²) in [5.74, 6) is -0.664. The summed E-state index contributed by atoms with van der Waals surface area (Å²) in [6.45, 7) is 1.85. The van der Waals surface area contributed by atoms with E-state index in [-0.39, 0.29) is 20.4 Å². The molecule has 9 heavy (non-hydrogen) atoms. The van der Waals surface area contributed by atoms with Gasteiger partial charge in [0.2, 0.25) is 0 Å². The van der Waals surface area contributed by atoms with Crippen LogP contribution in [0.15, 0.2) is 24.3 Å². The maximum absolute atomic E-state index is 9.86. The average Bonchev–Trinajstić information content (AvgIpc) is 1.66. The fourth-order valence-electron chi connectivity index (χ4n) is 0.254. The Morgan fingerprint density at radius 2 is 2.00 bits per heavy atom. The Morgan fingerprint density at radius 3 is 2.33 bits per heavy atom. The average molecular weight is 296 g/mol. The van der Waals surface area contributed by atoms with Crippen LogP contribution in [-0.4, -0.2) is 5.91 Å². The number of nitrogens with one attached hydrogen (secondary N) is 1. The molecule has 0 saturated carbocycles. The summed E-state index contributed by atoms with van der Waals surface area (Å²) in [6, 6.07) is 0. The Bertz CT molecular complexity index is 129. The van der Waals surface area contributed by atoms with Crippen molar-refractivity contribution in [3.63, 3.8) is 0 Å². The molecule has 51 valence electrons. The molecule has 0 fully saturated rings. The molecule has 3 heteroatoms. The fraction of sp³-hybridized carbons (Fsp3) is 0.167. The van der Waals surface area contributed by atoms with Crippen LogP contribution in [0, 0.1) is 0 Å². The van der Waals surface area contributed by atoms with Crippen LogP contribution in [0.2, 0.25) is 0 Å². The quantitative estimate of drug-likeness (QED) is 0.565. The summed E-state index contributed by atoms with van der Waals surface area (Å²) >= 11 is 0. The van der Waals surface area contributed by atoms with E-state index < -0.39 is 5.91 Å². The molecule has 0 unspecified atom stereocenters. The van der Waals surface area contributed by atoms with Crippen LogP contribution in [0.25, 0.3) is 5.73 Å². The Morgan fingerprint density at radius 1 is 1.44 bits per heavy atom. The van der Waals surface area contributed by atoms with Gasteiger partial charge in [0.15, 0.2) is 0 Å². The monoisotopic (exact) mass is 297 g/mol. The van der Waals surface area contributed by atoms with E-state index in [0.29, 0.717) is 0 Å². The summed E-state index contributed by atoms with van der Waals surface area (Å²) in [5, 5.41) is 0. The maximum Gasteiger partial charge on any atom is 0.0722 e. The zero-order chi connectivity index (χ0) is 6.41. The number of carbonyl (C=O) groups is 1. The van der Waals surface area contributed by atoms with Crippen LogP contribution in [-0.2, 0) is 25.2 Å². The van der Waals surface area contributed by atoms with Crippen LogP contribution in [0.5, 0.6) is 0 Å². The largest absolute Gasteiger partial charge is 0.664 e. The van der Waals surface area contributed by atoms with Crippen LogP contribution in [0.3, 0.4) is 0 Å². The Labute approximate surface area is 68.5 Å². The van der Waals surface area contributed by atoms with Crippen molar-refractivity contribution in [3.8, 4) is 0 Å². The van der Waals surface area contributed by atoms with Crippen molar-refractivity contribution in [2.24, 2.45) is 0 Å². The van der Waals surface area contributed by atoms with E-state index in [0.717, 1.165) is 0 Å². The predicted molar refractivity (Wildman–Crippen MR) is 33.3 cm³/mol. The van der Waals surface area contributed by atoms with Gasteiger partial charge in [0, 0.05) is 20.4 Å². The maximum atomic E-state index is 9.86. The molecule has 1 amide bonds. The zero-order valence-electron chi connectivity index (χ0n) is 5.10. The van der Waals surface area contributed by atoms with Gasteiger partial charge < -0.3 is 10.5 Å². The molecule has 0 aromatic carbocycles. The summed E-state index contributed by atoms with van der Waals surface area (Å²) in [5.41, 5.74) is 6.40. The van der Waals surface area contributed by atoms with Gasteiger partial charge in [-0.2, -0.15) is 0 Å². The van der Waals surface area contributed by atoms with E-state index in [2.05, 4.69) is 0 Å². The van der Waals surface area contributed by atoms with Crippen LogP contribution < -0.4 is 0 Å². The SMILES string of the molecule is C/C=C/C=C/C([NH-])=O.[Re]. The molecule has 0 aliphatic carbocycles. The number of allylic oxidation sites excluding steroid dienone is 3. The first-order chi connectivity index (χ1) is 3.77. The first-order valence-electron chi connectivity index (χ1n) is 2.32. The minimum Gasteiger partial charge on any atom is -0.664 e. The summed E-state index contributed by atoms with van der Waals surface area (Å²) in [7, 11) is 0. The summed E-state index contributed by atoms with van der Waals surface area (Å²) in [6.07, 6.45) is 6.22. The minimum absolute atomic E-state index is 0. The second-order valence-electron chi connectivity index (χ2n) is 1.25. The van der Waals surface area contributed by atoms with Gasteiger partial charge in [-0.05, 0) is 13.0 Å². The molecule has 0 rings (SSSR count). The number of hydrogen-bond donors (Lipinski definition) is 0. The van der Waals surface area contributed by atoms with Gasteiger partial charge in [-0.15, -0.1) is 0 Å². The topological polar surface area (TPSA) is 40.9 Å². The van der Waals surface area contributed by atoms with E-state index in [4.69, 9.17) is 5.73 Å². The summed E-state index contributed by atoms with van der Waals surface area (Å²) < 4.78 is 0. The van der Waals surface area contributed by atoms with Crippen molar-refractivity contribution < 1.29 is 25.2 Å². The minimum atomic E-state index is -0.664. The standard InChI is InChI=1S/C6H9NO.Re/c1-2-3-4-5-6(7)8;/h2-5H,1H3,(H2,7,8);/p-1/b3-2+,5-4+;. The molecule has 0 aliphatic heterocycles. The first-order valence-corrected chi connectivity index (χ1v) is 2.32. The normalized spacial score (nSPS) is 9.89. The molecule has 0 bridgehead atoms. The van der Waals surface area contributed by atoms with Gasteiger partial charge in [-0.25, -0.2) is 0 Å². The third kappa shape index (κ3) is 11.3. The summed E-state index contributed by atoms with van der Waals surface area (Å²) in [4.78, 5) is 9.86. The van der Waals surface area contributed by atoms with Gasteiger partial charge >= 0.3 is 0 Å². The van der Waals surface area contributed by atoms with Crippen molar-refractivity contribution >= 4 is 5.91 Å². The van der Waals surface area contributed by atoms with Crippen molar-refractivity contribution in [1.29, 1.82) is 0 Å². The molecule has 1 N–H and O–H groups in total. The molecule has 0 aliphatic rings. The Kier molecular flexibility index (Phi) is 9.65. The van der Waals surface area contributed by atoms with E-state index in [1.54, 1.807) is 12.2 Å². The van der Waals surface area contributed by atoms with Crippen molar-refractivity contribution in [3.05, 3.63) is 30.0 Å². The molecular formula is C6H8NORe-. The zero-order valence-corrected chi connectivity index (χ0v) is 7.81. The van der Waals surface area contributed by atoms with Crippen LogP contribution >= 0.6 is 0 Å². The van der Waals surface area contributed by atoms with Crippen molar-refractivity contribution in [2.45, 2.75) is 6.92 Å². The Hall–Kier alpha value is -0.388. The van der Waals surface area contributed by atoms with Gasteiger partial charge in [0.1, 0.15) is 0 Å². The third-order valence-electron chi connectivity index (χ3n) is 0.551. The third-order valence-corrected chi connectivity index (χ3v) is 0.551. The molecule has 2 nitrogen and oxygen atoms in total. The van der Waals surface area contributed by atoms with Gasteiger partial charge in [0.05, 0.1) is 5.91 Å². The van der Waals surface area contributed by atoms with E-state index in [9.17, 15) is 4.79 Å². The molecule has 0 spiro atoms. The van der Waals surface area contributed by atoms with Crippen LogP contribution in [0.1, 0.15) is 6.92 Å². The fourth-order valence-corrected chi connectivity index (χ4v) is 0.254. The molecule has 0 atom stereocenters. The number of carbonyl (C=O) groups excluding carboxylic acids is 1. The van der Waals surface area contributed by atoms with Crippen LogP contribution in [0.4, 0.5) is 0 Å². The molecule has 0 saturated heterocycles.